The zero-order valence-corrected chi connectivity index (χ0v) is 21.4. The molecule has 0 aliphatic heterocycles. The fraction of sp³-hybridized carbons (Fsp3) is 0.500. The van der Waals surface area contributed by atoms with Gasteiger partial charge in [0, 0.05) is 5.56 Å². The third-order valence-electron chi connectivity index (χ3n) is 4.51. The van der Waals surface area contributed by atoms with Gasteiger partial charge in [-0.2, -0.15) is 0 Å². The van der Waals surface area contributed by atoms with Crippen LogP contribution in [0.4, 0.5) is 0 Å². The van der Waals surface area contributed by atoms with Gasteiger partial charge in [-0.1, -0.05) is 115 Å². The number of halogens is 6. The van der Waals surface area contributed by atoms with Gasteiger partial charge in [0.1, 0.15) is 0 Å². The fourth-order valence-electron chi connectivity index (χ4n) is 2.69. The molecule has 1 atom stereocenters. The van der Waals surface area contributed by atoms with E-state index < -0.39 is 13.6 Å². The first-order valence-corrected chi connectivity index (χ1v) is 11.9. The fourth-order valence-corrected chi connectivity index (χ4v) is 3.20. The van der Waals surface area contributed by atoms with Crippen molar-refractivity contribution >= 4 is 75.6 Å². The number of esters is 1. The van der Waals surface area contributed by atoms with Crippen LogP contribution < -0.4 is 0 Å². The quantitative estimate of drug-likeness (QED) is 0.252. The van der Waals surface area contributed by atoms with E-state index in [9.17, 15) is 4.79 Å². The predicted molar refractivity (Wildman–Crippen MR) is 127 cm³/mol. The first kappa shape index (κ1) is 26.7. The Balaban J connectivity index is 2.22. The summed E-state index contributed by atoms with van der Waals surface area (Å²) in [6, 6.07) is 6.45. The molecule has 31 heavy (non-hydrogen) atoms. The Bertz CT molecular complexity index is 850. The molecular weight excluding hydrogens is 527 g/mol. The van der Waals surface area contributed by atoms with Crippen molar-refractivity contribution in [2.75, 3.05) is 6.61 Å². The summed E-state index contributed by atoms with van der Waals surface area (Å²) in [6.07, 6.45) is 4.23. The lowest BCUT2D eigenvalue weighted by molar-refractivity contribution is 0.0428. The predicted octanol–water partition coefficient (Wildman–Crippen LogP) is 7.57. The molecule has 0 saturated heterocycles. The van der Waals surface area contributed by atoms with Gasteiger partial charge in [0.15, 0.2) is 17.5 Å². The number of ether oxygens (including phenoxy) is 1. The maximum atomic E-state index is 12.4. The summed E-state index contributed by atoms with van der Waals surface area (Å²) < 4.78 is 1.58. The van der Waals surface area contributed by atoms with Crippen molar-refractivity contribution in [3.05, 3.63) is 41.5 Å². The Morgan fingerprint density at radius 2 is 1.48 bits per heavy atom. The largest absolute Gasteiger partial charge is 0.462 e. The van der Waals surface area contributed by atoms with Gasteiger partial charge in [-0.15, -0.1) is 0 Å². The van der Waals surface area contributed by atoms with Crippen molar-refractivity contribution in [2.45, 2.75) is 47.1 Å². The maximum absolute atomic E-state index is 12.4. The van der Waals surface area contributed by atoms with E-state index in [0.717, 1.165) is 25.7 Å². The molecule has 0 aliphatic rings. The zero-order valence-electron chi connectivity index (χ0n) is 16.8. The number of unbranched alkanes of at least 4 members (excludes halogenated alkanes) is 1. The molecule has 0 N–H and O–H groups in total. The van der Waals surface area contributed by atoms with Crippen molar-refractivity contribution in [1.82, 2.24) is 15.0 Å². The number of nitrogens with zero attached hydrogens (tertiary/aromatic N) is 3. The lowest BCUT2D eigenvalue weighted by Gasteiger charge is -2.16. The van der Waals surface area contributed by atoms with Crippen LogP contribution in [0.2, 0.25) is 0 Å². The van der Waals surface area contributed by atoms with Gasteiger partial charge in [-0.05, 0) is 24.5 Å². The van der Waals surface area contributed by atoms with Crippen LogP contribution in [0.3, 0.4) is 0 Å². The zero-order chi connectivity index (χ0) is 23.2. The molecule has 170 valence electrons. The lowest BCUT2D eigenvalue weighted by atomic mass is 10.0. The normalized spacial score (nSPS) is 13.2. The minimum absolute atomic E-state index is 0.128. The van der Waals surface area contributed by atoms with E-state index in [2.05, 4.69) is 28.8 Å². The highest BCUT2D eigenvalue weighted by molar-refractivity contribution is 6.67. The second-order valence-corrected chi connectivity index (χ2v) is 11.5. The molecule has 5 nitrogen and oxygen atoms in total. The number of benzene rings is 1. The molecule has 2 aromatic rings. The monoisotopic (exact) mass is 545 g/mol. The first-order chi connectivity index (χ1) is 14.5. The van der Waals surface area contributed by atoms with Crippen molar-refractivity contribution in [3.8, 4) is 11.4 Å². The Hall–Kier alpha value is -0.560. The van der Waals surface area contributed by atoms with Crippen LogP contribution >= 0.6 is 69.6 Å². The van der Waals surface area contributed by atoms with Gasteiger partial charge in [-0.3, -0.25) is 0 Å². The number of carbonyl (C=O) groups excluding carboxylic acids is 1. The third kappa shape index (κ3) is 8.06. The lowest BCUT2D eigenvalue weighted by Crippen LogP contribution is -2.17. The molecule has 0 aliphatic carbocycles. The molecule has 0 radical (unpaired) electrons. The Morgan fingerprint density at radius 1 is 0.935 bits per heavy atom. The smallest absolute Gasteiger partial charge is 0.338 e. The summed E-state index contributed by atoms with van der Waals surface area (Å²) in [6.45, 7) is 4.62. The summed E-state index contributed by atoms with van der Waals surface area (Å²) in [5.74, 6) is -0.298. The number of aromatic nitrogens is 3. The highest BCUT2D eigenvalue weighted by Crippen LogP contribution is 2.40. The average Bonchev–Trinajstić information content (AvgIpc) is 2.72. The summed E-state index contributed by atoms with van der Waals surface area (Å²) in [5.41, 5.74) is 0.908. The average molecular weight is 548 g/mol. The summed E-state index contributed by atoms with van der Waals surface area (Å²) in [5, 5.41) is 0. The minimum atomic E-state index is -1.94. The highest BCUT2D eigenvalue weighted by Gasteiger charge is 2.34. The minimum Gasteiger partial charge on any atom is -0.462 e. The molecule has 1 aromatic carbocycles. The van der Waals surface area contributed by atoms with Crippen molar-refractivity contribution < 1.29 is 9.53 Å². The summed E-state index contributed by atoms with van der Waals surface area (Å²) in [4.78, 5) is 24.6. The SMILES string of the molecule is CCCCC(CC)COC(=O)c1ccc(-c2nc(C(Cl)(Cl)Cl)nc(C(Cl)(Cl)Cl)n2)cc1. The molecule has 11 heteroatoms. The molecule has 2 rings (SSSR count). The van der Waals surface area contributed by atoms with E-state index in [1.807, 2.05) is 0 Å². The van der Waals surface area contributed by atoms with Gasteiger partial charge in [-0.25, -0.2) is 19.7 Å². The molecule has 1 heterocycles. The van der Waals surface area contributed by atoms with Gasteiger partial charge in [0.2, 0.25) is 7.59 Å². The molecule has 0 bridgehead atoms. The van der Waals surface area contributed by atoms with Crippen LogP contribution in [-0.2, 0) is 12.3 Å². The van der Waals surface area contributed by atoms with E-state index in [1.54, 1.807) is 24.3 Å². The Kier molecular flexibility index (Phi) is 9.93. The molecule has 1 aromatic heterocycles. The van der Waals surface area contributed by atoms with Gasteiger partial charge < -0.3 is 4.74 Å². The Morgan fingerprint density at radius 3 is 1.94 bits per heavy atom. The second kappa shape index (κ2) is 11.5. The number of hydrogen-bond acceptors (Lipinski definition) is 5. The van der Waals surface area contributed by atoms with E-state index in [0.29, 0.717) is 23.7 Å². The molecule has 0 spiro atoms. The number of alkyl halides is 6. The van der Waals surface area contributed by atoms with Crippen LogP contribution in [0.5, 0.6) is 0 Å². The van der Waals surface area contributed by atoms with Crippen LogP contribution in [0, 0.1) is 5.92 Å². The summed E-state index contributed by atoms with van der Waals surface area (Å²) in [7, 11) is 0. The maximum Gasteiger partial charge on any atom is 0.338 e. The van der Waals surface area contributed by atoms with Crippen LogP contribution in [-0.4, -0.2) is 27.5 Å². The number of rotatable bonds is 8. The van der Waals surface area contributed by atoms with E-state index in [4.69, 9.17) is 74.3 Å². The van der Waals surface area contributed by atoms with Crippen LogP contribution in [0.25, 0.3) is 11.4 Å². The van der Waals surface area contributed by atoms with Crippen molar-refractivity contribution in [2.24, 2.45) is 5.92 Å². The molecule has 1 unspecified atom stereocenters. The van der Waals surface area contributed by atoms with Gasteiger partial charge in [0.05, 0.1) is 12.2 Å². The number of carbonyl (C=O) groups is 1. The Labute approximate surface area is 211 Å². The number of hydrogen-bond donors (Lipinski definition) is 0. The molecular formula is C20H21Cl6N3O2. The van der Waals surface area contributed by atoms with Crippen LogP contribution in [0.1, 0.15) is 61.5 Å². The molecule has 0 saturated carbocycles. The highest BCUT2D eigenvalue weighted by atomic mass is 35.6. The molecule has 0 fully saturated rings. The van der Waals surface area contributed by atoms with E-state index >= 15 is 0 Å². The van der Waals surface area contributed by atoms with E-state index in [-0.39, 0.29) is 17.5 Å². The summed E-state index contributed by atoms with van der Waals surface area (Å²) >= 11 is 35.4. The van der Waals surface area contributed by atoms with E-state index in [1.165, 1.54) is 0 Å². The van der Waals surface area contributed by atoms with Crippen molar-refractivity contribution in [3.63, 3.8) is 0 Å². The van der Waals surface area contributed by atoms with Crippen LogP contribution in [0.15, 0.2) is 24.3 Å². The second-order valence-electron chi connectivity index (χ2n) is 6.89. The van der Waals surface area contributed by atoms with Gasteiger partial charge in [0.25, 0.3) is 0 Å². The standard InChI is InChI=1S/C20H21Cl6N3O2/c1-3-5-6-12(4-2)11-31-16(30)14-9-7-13(8-10-14)15-27-17(19(21,22)23)29-18(28-15)20(24,25)26/h7-10,12H,3-6,11H2,1-2H3. The third-order valence-corrected chi connectivity index (χ3v) is 5.53. The van der Waals surface area contributed by atoms with Crippen molar-refractivity contribution in [1.29, 1.82) is 0 Å². The molecule has 0 amide bonds. The topological polar surface area (TPSA) is 65.0 Å². The van der Waals surface area contributed by atoms with Gasteiger partial charge >= 0.3 is 5.97 Å². The first-order valence-electron chi connectivity index (χ1n) is 9.63.